The highest BCUT2D eigenvalue weighted by Crippen LogP contribution is 2.19. The Bertz CT molecular complexity index is 879. The van der Waals surface area contributed by atoms with Crippen molar-refractivity contribution in [2.24, 2.45) is 0 Å². The summed E-state index contributed by atoms with van der Waals surface area (Å²) < 4.78 is 5.43. The first-order valence-corrected chi connectivity index (χ1v) is 11.9. The monoisotopic (exact) mass is 439 g/mol. The number of nitrogens with zero attached hydrogens (tertiary/aromatic N) is 2. The number of ether oxygens (including phenoxy) is 1. The second kappa shape index (κ2) is 10.8. The lowest BCUT2D eigenvalue weighted by Crippen LogP contribution is -2.49. The molecule has 2 aromatic carbocycles. The molecular weight excluding hydrogens is 410 g/mol. The molecule has 2 heterocycles. The van der Waals surface area contributed by atoms with Crippen LogP contribution in [0.15, 0.2) is 59.5 Å². The van der Waals surface area contributed by atoms with Crippen molar-refractivity contribution in [3.63, 3.8) is 0 Å². The normalized spacial score (nSPS) is 19.4. The summed E-state index contributed by atoms with van der Waals surface area (Å²) in [6.07, 6.45) is 1.28. The minimum absolute atomic E-state index is 0.0199. The van der Waals surface area contributed by atoms with Gasteiger partial charge < -0.3 is 15.0 Å². The topological polar surface area (TPSA) is 61.9 Å². The van der Waals surface area contributed by atoms with Gasteiger partial charge in [-0.2, -0.15) is 0 Å². The number of thioether (sulfide) groups is 1. The largest absolute Gasteiger partial charge is 0.368 e. The molecule has 6 nitrogen and oxygen atoms in total. The molecule has 0 bridgehead atoms. The van der Waals surface area contributed by atoms with Crippen LogP contribution in [0.4, 0.5) is 5.69 Å². The maximum Gasteiger partial charge on any atom is 0.254 e. The third-order valence-corrected chi connectivity index (χ3v) is 6.67. The molecule has 4 rings (SSSR count). The summed E-state index contributed by atoms with van der Waals surface area (Å²) in [5.74, 6) is 0.931. The fourth-order valence-corrected chi connectivity index (χ4v) is 4.84. The number of rotatable bonds is 7. The van der Waals surface area contributed by atoms with Crippen molar-refractivity contribution >= 4 is 29.3 Å². The van der Waals surface area contributed by atoms with Crippen molar-refractivity contribution in [1.82, 2.24) is 9.80 Å². The number of benzene rings is 2. The highest BCUT2D eigenvalue weighted by Gasteiger charge is 2.25. The van der Waals surface area contributed by atoms with E-state index < -0.39 is 0 Å². The summed E-state index contributed by atoms with van der Waals surface area (Å²) in [6.45, 7) is 4.87. The first-order valence-electron chi connectivity index (χ1n) is 10.9. The summed E-state index contributed by atoms with van der Waals surface area (Å²) in [5.41, 5.74) is 1.25. The van der Waals surface area contributed by atoms with E-state index in [0.717, 1.165) is 51.3 Å². The molecule has 7 heteroatoms. The predicted molar refractivity (Wildman–Crippen MR) is 124 cm³/mol. The van der Waals surface area contributed by atoms with Gasteiger partial charge in [0, 0.05) is 61.2 Å². The second-order valence-corrected chi connectivity index (χ2v) is 9.04. The quantitative estimate of drug-likeness (QED) is 0.671. The van der Waals surface area contributed by atoms with Crippen LogP contribution >= 0.6 is 11.8 Å². The summed E-state index contributed by atoms with van der Waals surface area (Å²) in [4.78, 5) is 30.9. The summed E-state index contributed by atoms with van der Waals surface area (Å²) in [7, 11) is 0. The van der Waals surface area contributed by atoms with E-state index in [1.165, 1.54) is 4.90 Å². The van der Waals surface area contributed by atoms with Gasteiger partial charge in [-0.3, -0.25) is 14.5 Å². The first-order chi connectivity index (χ1) is 15.2. The average molecular weight is 440 g/mol. The molecule has 1 atom stereocenters. The molecule has 2 saturated heterocycles. The van der Waals surface area contributed by atoms with Crippen molar-refractivity contribution < 1.29 is 14.3 Å². The molecule has 2 amide bonds. The van der Waals surface area contributed by atoms with E-state index in [1.807, 2.05) is 40.9 Å². The van der Waals surface area contributed by atoms with E-state index in [2.05, 4.69) is 34.5 Å². The average Bonchev–Trinajstić information content (AvgIpc) is 3.35. The van der Waals surface area contributed by atoms with Crippen LogP contribution in [0.1, 0.15) is 23.2 Å². The van der Waals surface area contributed by atoms with E-state index in [0.29, 0.717) is 17.9 Å². The molecule has 1 N–H and O–H groups in total. The molecule has 0 aliphatic carbocycles. The fourth-order valence-electron chi connectivity index (χ4n) is 3.90. The van der Waals surface area contributed by atoms with E-state index in [9.17, 15) is 9.59 Å². The Labute approximate surface area is 187 Å². The minimum Gasteiger partial charge on any atom is -0.368 e. The van der Waals surface area contributed by atoms with Crippen molar-refractivity contribution in [2.75, 3.05) is 50.4 Å². The molecule has 1 unspecified atom stereocenters. The molecule has 0 saturated carbocycles. The van der Waals surface area contributed by atoms with E-state index in [4.69, 9.17) is 4.74 Å². The Kier molecular flexibility index (Phi) is 7.61. The van der Waals surface area contributed by atoms with Crippen LogP contribution in [0.5, 0.6) is 0 Å². The smallest absolute Gasteiger partial charge is 0.254 e. The highest BCUT2D eigenvalue weighted by molar-refractivity contribution is 7.99. The zero-order valence-electron chi connectivity index (χ0n) is 17.7. The predicted octanol–water partition coefficient (Wildman–Crippen LogP) is 3.35. The number of amides is 2. The van der Waals surface area contributed by atoms with Gasteiger partial charge in [-0.1, -0.05) is 24.3 Å². The number of hydrogen-bond donors (Lipinski definition) is 1. The van der Waals surface area contributed by atoms with Gasteiger partial charge in [-0.15, -0.1) is 11.8 Å². The number of carbonyl (C=O) groups excluding carboxylic acids is 2. The molecule has 0 spiro atoms. The van der Waals surface area contributed by atoms with E-state index in [-0.39, 0.29) is 17.9 Å². The molecule has 2 aliphatic heterocycles. The van der Waals surface area contributed by atoms with Gasteiger partial charge in [-0.25, -0.2) is 0 Å². The minimum atomic E-state index is -0.382. The Morgan fingerprint density at radius 3 is 2.58 bits per heavy atom. The third-order valence-electron chi connectivity index (χ3n) is 5.68. The van der Waals surface area contributed by atoms with Crippen LogP contribution in [0.2, 0.25) is 0 Å². The van der Waals surface area contributed by atoms with Gasteiger partial charge in [0.15, 0.2) is 0 Å². The maximum atomic E-state index is 13.0. The van der Waals surface area contributed by atoms with Crippen molar-refractivity contribution in [2.45, 2.75) is 23.8 Å². The maximum absolute atomic E-state index is 13.0. The van der Waals surface area contributed by atoms with Crippen LogP contribution in [0.25, 0.3) is 0 Å². The number of piperazine rings is 1. The highest BCUT2D eigenvalue weighted by atomic mass is 32.2. The van der Waals surface area contributed by atoms with Crippen LogP contribution in [0.3, 0.4) is 0 Å². The van der Waals surface area contributed by atoms with Gasteiger partial charge >= 0.3 is 0 Å². The van der Waals surface area contributed by atoms with Crippen LogP contribution in [-0.2, 0) is 9.53 Å². The zero-order chi connectivity index (χ0) is 21.5. The van der Waals surface area contributed by atoms with Crippen LogP contribution in [0, 0.1) is 0 Å². The standard InChI is InChI=1S/C24H29N3O3S/c28-23(22-10-5-16-30-22)25-20-7-4-6-19(18-20)24(29)27-13-11-26(12-14-27)15-17-31-21-8-2-1-3-9-21/h1-4,6-9,18,22H,5,10-17H2,(H,25,28). The lowest BCUT2D eigenvalue weighted by Gasteiger charge is -2.34. The number of nitrogens with one attached hydrogen (secondary N) is 1. The van der Waals surface area contributed by atoms with E-state index >= 15 is 0 Å². The van der Waals surface area contributed by atoms with E-state index in [1.54, 1.807) is 6.07 Å². The van der Waals surface area contributed by atoms with Gasteiger partial charge in [0.1, 0.15) is 6.10 Å². The zero-order valence-corrected chi connectivity index (χ0v) is 18.5. The second-order valence-electron chi connectivity index (χ2n) is 7.87. The molecule has 0 aromatic heterocycles. The van der Waals surface area contributed by atoms with Gasteiger partial charge in [-0.05, 0) is 43.2 Å². The molecule has 2 aliphatic rings. The molecule has 164 valence electrons. The van der Waals surface area contributed by atoms with Crippen molar-refractivity contribution in [3.8, 4) is 0 Å². The van der Waals surface area contributed by atoms with Crippen LogP contribution in [-0.4, -0.2) is 72.8 Å². The number of hydrogen-bond acceptors (Lipinski definition) is 5. The Hall–Kier alpha value is -2.35. The van der Waals surface area contributed by atoms with Crippen molar-refractivity contribution in [3.05, 3.63) is 60.2 Å². The first kappa shape index (κ1) is 21.9. The van der Waals surface area contributed by atoms with Gasteiger partial charge in [0.2, 0.25) is 0 Å². The van der Waals surface area contributed by atoms with Crippen molar-refractivity contribution in [1.29, 1.82) is 0 Å². The molecular formula is C24H29N3O3S. The molecule has 2 fully saturated rings. The van der Waals surface area contributed by atoms with Gasteiger partial charge in [0.05, 0.1) is 0 Å². The fraction of sp³-hybridized carbons (Fsp3) is 0.417. The lowest BCUT2D eigenvalue weighted by atomic mass is 10.1. The lowest BCUT2D eigenvalue weighted by molar-refractivity contribution is -0.124. The summed E-state index contributed by atoms with van der Waals surface area (Å²) >= 11 is 1.87. The molecule has 0 radical (unpaired) electrons. The number of carbonyl (C=O) groups is 2. The summed E-state index contributed by atoms with van der Waals surface area (Å²) in [6, 6.07) is 17.6. The SMILES string of the molecule is O=C(Nc1cccc(C(=O)N2CCN(CCSc3ccccc3)CC2)c1)C1CCCO1. The van der Waals surface area contributed by atoms with Gasteiger partial charge in [0.25, 0.3) is 11.8 Å². The Morgan fingerprint density at radius 2 is 1.84 bits per heavy atom. The molecule has 2 aromatic rings. The van der Waals surface area contributed by atoms with Crippen LogP contribution < -0.4 is 5.32 Å². The number of anilines is 1. The third kappa shape index (κ3) is 6.09. The summed E-state index contributed by atoms with van der Waals surface area (Å²) in [5, 5.41) is 2.88. The Morgan fingerprint density at radius 1 is 1.03 bits per heavy atom. The molecule has 31 heavy (non-hydrogen) atoms. The Balaban J connectivity index is 1.24.